The van der Waals surface area contributed by atoms with E-state index < -0.39 is 233 Å². The first-order valence-electron chi connectivity index (χ1n) is 48.4. The molecule has 5 N–H and O–H groups in total. The molecule has 0 aliphatic rings. The minimum atomic E-state index is -3.16. The summed E-state index contributed by atoms with van der Waals surface area (Å²) in [5, 5.41) is 26.2. The Morgan fingerprint density at radius 2 is 0.739 bits per heavy atom. The van der Waals surface area contributed by atoms with Crippen LogP contribution >= 0.6 is 50.7 Å². The third kappa shape index (κ3) is 25.5. The number of nitrogens with two attached hydrogens (primary N) is 1. The molecule has 3 atom stereocenters. The first-order chi connectivity index (χ1) is 68.2. The molecule has 119 heavy (non-hydrogen) atoms. The minimum Gasteiger partial charge on any atom is -0.495 e. The van der Waals surface area contributed by atoms with E-state index in [2.05, 4.69) is 15.9 Å². The number of carbonyl (C=O) groups is 8. The van der Waals surface area contributed by atoms with Gasteiger partial charge in [-0.2, -0.15) is 0 Å². The molecule has 0 amide bonds. The zero-order chi connectivity index (χ0) is 111. The molecule has 612 valence electrons. The number of carboxylic acids is 3. The number of hydrogen-bond donors (Lipinski definition) is 4. The highest BCUT2D eigenvalue weighted by molar-refractivity contribution is 9.08. The SMILES string of the molecule is Nc1ccc(C(=O)O)cc1.[2H]c1c([2H])c([2H])c(C([2H])([2H])Br)c([2H])c1[2H].[2H]c1c([2H])c([2H])c(C([2H])([2H])C(C(=O)Cc2ccc(C(=O)O)cc2)n2cc(OC)c(-c3cc(Cl)ccc3C(C)=O)cc2=O)c([2H])c1[2H].[2H]c1c([2H])c([2H])c(C([2H])([2H])C(C(=O)O)n2cc(OC)c(-c3cc(Cl)ccc3C(C)=O)cc2=O)c([2H])c1[2H].[2H]c1c([2H])c([2H])c(C([2H])([2H])C(C(=O)OCC)n2cc(OC)c(-c3cc(Cl)ccc3C(C)=O)cc2=O)c([2H])c1[2H]. The summed E-state index contributed by atoms with van der Waals surface area (Å²) in [7, 11) is 3.72. The Bertz CT molecular complexity index is 7390. The van der Waals surface area contributed by atoms with Crippen molar-refractivity contribution in [3.63, 3.8) is 0 Å². The maximum atomic E-state index is 14.0. The Morgan fingerprint density at radius 3 is 1.05 bits per heavy atom. The quantitative estimate of drug-likeness (QED) is 0.0161. The van der Waals surface area contributed by atoms with Gasteiger partial charge in [0.1, 0.15) is 29.3 Å². The standard InChI is InChI=1S/C31H26ClNO6.C25H24ClNO5.C23H20ClNO5.C7H7Br.C7H7NO2/c1-19(34)24-13-12-23(32)16-25(24)26-17-30(36)33(18-29(26)39-2)27(14-20-6-4-3-5-7-20)28(35)15-21-8-10-22(11-9-21)31(37)38;1-4-32-25(30)22(12-17-8-6-5-7-9-17)27-15-23(31-3)21(14-24(27)29)20-13-18(26)10-11-19(20)16(2)28;1-14(26)17-9-8-16(24)11-18(17)19-12-22(27)25(13-21(19)30-2)20(23(28)29)10-15-6-4-3-5-7-15;8-6-7-4-2-1-3-5-7;8-6-3-1-5(2-4-6)7(9)10/h3-13,16-18,27H,14-15H2,1-2H3,(H,37,38);5-11,13-15,22H,4,12H2,1-3H3;3-9,11-13,20H,10H2,1-2H3,(H,28,29);1-5H,6H2;1-4H,8H2,(H,9,10)/i3D,4D,5D,6D,7D,14D2;5D,6D,7D,8D,9D,12D2;3D,4D,5D,6D,7D,10D2;1D,2D,3D,4D,5D,6D2;. The van der Waals surface area contributed by atoms with E-state index in [1.807, 2.05) is 0 Å². The molecule has 22 nitrogen and oxygen atoms in total. The molecule has 3 aromatic heterocycles. The number of rotatable bonds is 27. The van der Waals surface area contributed by atoms with Crippen LogP contribution < -0.4 is 36.6 Å². The summed E-state index contributed by atoms with van der Waals surface area (Å²) in [4.78, 5) is 138. The van der Waals surface area contributed by atoms with Crippen LogP contribution in [-0.2, 0) is 49.9 Å². The molecule has 0 fully saturated rings. The molecule has 0 saturated carbocycles. The second kappa shape index (κ2) is 44.3. The molecule has 0 aliphatic carbocycles. The van der Waals surface area contributed by atoms with Crippen molar-refractivity contribution >= 4 is 103 Å². The lowest BCUT2D eigenvalue weighted by molar-refractivity contribution is -0.147. The highest BCUT2D eigenvalue weighted by Gasteiger charge is 2.29. The zero-order valence-electron chi connectivity index (χ0n) is 91.3. The normalized spacial score (nSPS) is 15.1. The number of halogens is 4. The van der Waals surface area contributed by atoms with Gasteiger partial charge in [0.25, 0.3) is 16.7 Å². The number of ketones is 4. The number of nitrogens with zero attached hydrogens (tertiary/aromatic N) is 3. The number of Topliss-reactive ketones (excluding diaryl/α,β-unsaturated/α-hetero) is 4. The number of carboxylic acid groups (broad SMARTS) is 3. The Labute approximate surface area is 748 Å². The van der Waals surface area contributed by atoms with Gasteiger partial charge in [-0.05, 0) is 163 Å². The number of aromatic carboxylic acids is 2. The van der Waals surface area contributed by atoms with Crippen LogP contribution in [-0.4, -0.2) is 104 Å². The first kappa shape index (κ1) is 58.7. The molecule has 0 radical (unpaired) electrons. The smallest absolute Gasteiger partial charge is 0.335 e. The monoisotopic (exact) mass is 1760 g/mol. The van der Waals surface area contributed by atoms with Gasteiger partial charge in [-0.15, -0.1) is 0 Å². The number of esters is 1. The fraction of sp³-hybridized carbons (Fsp3) is 0.172. The van der Waals surface area contributed by atoms with Gasteiger partial charge in [-0.25, -0.2) is 19.2 Å². The molecule has 12 rings (SSSR count). The Kier molecular flexibility index (Phi) is 21.9. The van der Waals surface area contributed by atoms with Crippen molar-refractivity contribution in [3.05, 3.63) is 363 Å². The number of aromatic nitrogens is 3. The van der Waals surface area contributed by atoms with Crippen molar-refractivity contribution in [2.75, 3.05) is 33.7 Å². The molecule has 9 aromatic carbocycles. The number of hydrogen-bond acceptors (Lipinski definition) is 16. The zero-order valence-corrected chi connectivity index (χ0v) is 67.2. The number of aliphatic carboxylic acids is 1. The second-order valence-electron chi connectivity index (χ2n) is 24.1. The van der Waals surface area contributed by atoms with Gasteiger partial charge in [0.2, 0.25) is 0 Å². The molecule has 0 bridgehead atoms. The number of methoxy groups -OCH3 is 3. The van der Waals surface area contributed by atoms with E-state index in [1.165, 1.54) is 140 Å². The van der Waals surface area contributed by atoms with Crippen LogP contribution in [0.25, 0.3) is 33.4 Å². The fourth-order valence-electron chi connectivity index (χ4n) is 10.8. The van der Waals surface area contributed by atoms with Crippen LogP contribution in [0.15, 0.2) is 275 Å². The van der Waals surface area contributed by atoms with E-state index in [4.69, 9.17) is 103 Å². The van der Waals surface area contributed by atoms with Gasteiger partial charge < -0.3 is 44.6 Å². The summed E-state index contributed by atoms with van der Waals surface area (Å²) in [5.41, 5.74) is 2.18. The first-order valence-corrected chi connectivity index (χ1v) is 36.3. The number of carbonyl (C=O) groups excluding carboxylic acids is 5. The van der Waals surface area contributed by atoms with E-state index in [1.54, 1.807) is 12.1 Å². The van der Waals surface area contributed by atoms with Crippen molar-refractivity contribution in [2.45, 2.75) is 76.6 Å². The predicted molar refractivity (Wildman–Crippen MR) is 464 cm³/mol. The van der Waals surface area contributed by atoms with Gasteiger partial charge >= 0.3 is 23.9 Å². The highest BCUT2D eigenvalue weighted by Crippen LogP contribution is 2.38. The van der Waals surface area contributed by atoms with Gasteiger partial charge in [0.15, 0.2) is 23.1 Å². The van der Waals surface area contributed by atoms with Crippen molar-refractivity contribution in [2.24, 2.45) is 0 Å². The topological polar surface area (TPSA) is 326 Å². The molecule has 0 saturated heterocycles. The lowest BCUT2D eigenvalue weighted by Crippen LogP contribution is -2.32. The molecule has 0 aliphatic heterocycles. The van der Waals surface area contributed by atoms with Gasteiger partial charge in [-0.1, -0.05) is 184 Å². The lowest BCUT2D eigenvalue weighted by atomic mass is 9.95. The summed E-state index contributed by atoms with van der Waals surface area (Å²) in [6, 6.07) is 5.39. The van der Waals surface area contributed by atoms with Crippen LogP contribution in [0.1, 0.15) is 164 Å². The van der Waals surface area contributed by atoms with Crippen molar-refractivity contribution < 1.29 is 111 Å². The number of benzene rings is 9. The van der Waals surface area contributed by atoms with E-state index in [0.29, 0.717) is 14.8 Å². The number of pyridine rings is 3. The van der Waals surface area contributed by atoms with Crippen LogP contribution in [0.3, 0.4) is 0 Å². The van der Waals surface area contributed by atoms with Gasteiger partial charge in [0, 0.05) is 114 Å². The number of nitrogen functional groups attached to an aromatic ring is 1. The third-order valence-electron chi connectivity index (χ3n) is 16.3. The second-order valence-corrected chi connectivity index (χ2v) is 25.8. The summed E-state index contributed by atoms with van der Waals surface area (Å²) in [5.74, 6) is -7.38. The maximum absolute atomic E-state index is 14.0. The number of anilines is 1. The molecular formula is C93H84BrCl3N4O18. The van der Waals surface area contributed by atoms with E-state index >= 15 is 0 Å². The molecule has 0 spiro atoms. The summed E-state index contributed by atoms with van der Waals surface area (Å²) >= 11 is 21.0. The van der Waals surface area contributed by atoms with Crippen LogP contribution in [0.2, 0.25) is 15.1 Å². The summed E-state index contributed by atoms with van der Waals surface area (Å²) in [6.45, 7) is 5.21. The number of ether oxygens (including phenoxy) is 4. The van der Waals surface area contributed by atoms with Crippen LogP contribution in [0.5, 0.6) is 17.2 Å². The van der Waals surface area contributed by atoms with E-state index in [0.717, 1.165) is 41.4 Å². The van der Waals surface area contributed by atoms with Gasteiger partial charge in [0.05, 0.1) is 91.1 Å². The molecular weight excluding hydrogens is 1650 g/mol. The summed E-state index contributed by atoms with van der Waals surface area (Å²) < 4.78 is 248. The molecule has 3 unspecified atom stereocenters. The average molecular weight is 1760 g/mol. The van der Waals surface area contributed by atoms with Crippen LogP contribution in [0.4, 0.5) is 5.69 Å². The van der Waals surface area contributed by atoms with Crippen LogP contribution in [0, 0.1) is 0 Å². The predicted octanol–water partition coefficient (Wildman–Crippen LogP) is 18.2. The fourth-order valence-corrected chi connectivity index (χ4v) is 11.5. The highest BCUT2D eigenvalue weighted by atomic mass is 79.9. The van der Waals surface area contributed by atoms with Crippen molar-refractivity contribution in [3.8, 4) is 50.6 Å². The third-order valence-corrected chi connectivity index (χ3v) is 17.4. The average Bonchev–Trinajstić information content (AvgIpc) is 0.739. The van der Waals surface area contributed by atoms with E-state index in [-0.39, 0.29) is 129 Å². The summed E-state index contributed by atoms with van der Waals surface area (Å²) in [6.07, 6.45) is -6.78. The molecule has 3 heterocycles. The Hall–Kier alpha value is -13.1. The van der Waals surface area contributed by atoms with Crippen molar-refractivity contribution in [1.29, 1.82) is 0 Å². The molecule has 12 aromatic rings. The van der Waals surface area contributed by atoms with Gasteiger partial charge in [-0.3, -0.25) is 42.7 Å². The van der Waals surface area contributed by atoms with Crippen molar-refractivity contribution in [1.82, 2.24) is 13.7 Å². The lowest BCUT2D eigenvalue weighted by Gasteiger charge is -2.21. The number of alkyl halides is 1. The maximum Gasteiger partial charge on any atom is 0.335 e. The van der Waals surface area contributed by atoms with E-state index in [9.17, 15) is 63.0 Å². The largest absolute Gasteiger partial charge is 0.495 e. The Balaban J connectivity index is 0.000000241. The molecule has 26 heteroatoms. The Morgan fingerprint density at radius 1 is 0.429 bits per heavy atom. The minimum absolute atomic E-state index is 0.0365.